The van der Waals surface area contributed by atoms with Gasteiger partial charge >= 0.3 is 0 Å². The van der Waals surface area contributed by atoms with Gasteiger partial charge in [-0.05, 0) is 69.5 Å². The molecule has 25 heavy (non-hydrogen) atoms. The standard InChI is InChI=1S/C21H32N2O2/c1-17(24)20-9-11-22(12-10-20)16-21(25)23-13-7-19(8-14-23)15-18-5-3-2-4-6-18/h2-6,17,19-20,24H,7-16H2,1H3. The maximum absolute atomic E-state index is 12.6. The van der Waals surface area contributed by atoms with Crippen molar-refractivity contribution in [3.63, 3.8) is 0 Å². The molecule has 0 bridgehead atoms. The van der Waals surface area contributed by atoms with Gasteiger partial charge in [-0.1, -0.05) is 30.3 Å². The van der Waals surface area contributed by atoms with Gasteiger partial charge in [0.15, 0.2) is 0 Å². The summed E-state index contributed by atoms with van der Waals surface area (Å²) in [5.74, 6) is 1.39. The Morgan fingerprint density at radius 3 is 2.32 bits per heavy atom. The van der Waals surface area contributed by atoms with E-state index in [1.807, 2.05) is 6.92 Å². The minimum atomic E-state index is -0.221. The summed E-state index contributed by atoms with van der Waals surface area (Å²) in [7, 11) is 0. The third-order valence-electron chi connectivity index (χ3n) is 6.01. The summed E-state index contributed by atoms with van der Waals surface area (Å²) in [6.45, 7) is 6.11. The van der Waals surface area contributed by atoms with E-state index in [0.29, 0.717) is 18.4 Å². The summed E-state index contributed by atoms with van der Waals surface area (Å²) in [6, 6.07) is 10.7. The highest BCUT2D eigenvalue weighted by Crippen LogP contribution is 2.23. The fourth-order valence-electron chi connectivity index (χ4n) is 4.22. The molecule has 0 aliphatic carbocycles. The number of carbonyl (C=O) groups is 1. The van der Waals surface area contributed by atoms with E-state index in [2.05, 4.69) is 40.1 Å². The van der Waals surface area contributed by atoms with Gasteiger partial charge in [-0.2, -0.15) is 0 Å². The summed E-state index contributed by atoms with van der Waals surface area (Å²) in [5, 5.41) is 9.69. The molecule has 0 spiro atoms. The first kappa shape index (κ1) is 18.4. The number of amides is 1. The maximum Gasteiger partial charge on any atom is 0.236 e. The Kier molecular flexibility index (Phi) is 6.49. The highest BCUT2D eigenvalue weighted by Gasteiger charge is 2.27. The van der Waals surface area contributed by atoms with E-state index in [9.17, 15) is 9.90 Å². The number of nitrogens with zero attached hydrogens (tertiary/aromatic N) is 2. The lowest BCUT2D eigenvalue weighted by molar-refractivity contribution is -0.134. The van der Waals surface area contributed by atoms with Crippen LogP contribution in [-0.2, 0) is 11.2 Å². The molecule has 138 valence electrons. The van der Waals surface area contributed by atoms with E-state index in [-0.39, 0.29) is 12.0 Å². The van der Waals surface area contributed by atoms with Crippen molar-refractivity contribution in [2.24, 2.45) is 11.8 Å². The number of hydrogen-bond acceptors (Lipinski definition) is 3. The molecule has 1 atom stereocenters. The summed E-state index contributed by atoms with van der Waals surface area (Å²) >= 11 is 0. The lowest BCUT2D eigenvalue weighted by Gasteiger charge is -2.36. The molecule has 2 aliphatic heterocycles. The second kappa shape index (κ2) is 8.81. The Bertz CT molecular complexity index is 530. The molecule has 1 N–H and O–H groups in total. The first-order chi connectivity index (χ1) is 12.1. The average molecular weight is 344 g/mol. The number of carbonyl (C=O) groups excluding carboxylic acids is 1. The molecule has 3 rings (SSSR count). The minimum Gasteiger partial charge on any atom is -0.393 e. The van der Waals surface area contributed by atoms with Gasteiger partial charge in [0.25, 0.3) is 0 Å². The summed E-state index contributed by atoms with van der Waals surface area (Å²) < 4.78 is 0. The number of rotatable bonds is 5. The van der Waals surface area contributed by atoms with E-state index in [1.54, 1.807) is 0 Å². The second-order valence-corrected chi connectivity index (χ2v) is 7.87. The molecular weight excluding hydrogens is 312 g/mol. The summed E-state index contributed by atoms with van der Waals surface area (Å²) in [4.78, 5) is 16.9. The molecule has 4 heteroatoms. The zero-order chi connectivity index (χ0) is 17.6. The van der Waals surface area contributed by atoms with Crippen molar-refractivity contribution in [1.82, 2.24) is 9.80 Å². The Morgan fingerprint density at radius 1 is 1.08 bits per heavy atom. The topological polar surface area (TPSA) is 43.8 Å². The highest BCUT2D eigenvalue weighted by atomic mass is 16.3. The third kappa shape index (κ3) is 5.29. The van der Waals surface area contributed by atoms with Crippen LogP contribution in [0.4, 0.5) is 0 Å². The van der Waals surface area contributed by atoms with Crippen molar-refractivity contribution >= 4 is 5.91 Å². The van der Waals surface area contributed by atoms with Crippen LogP contribution in [0.25, 0.3) is 0 Å². The van der Waals surface area contributed by atoms with E-state index in [1.165, 1.54) is 5.56 Å². The second-order valence-electron chi connectivity index (χ2n) is 7.87. The van der Waals surface area contributed by atoms with Crippen LogP contribution >= 0.6 is 0 Å². The maximum atomic E-state index is 12.6. The van der Waals surface area contributed by atoms with Crippen LogP contribution in [0.2, 0.25) is 0 Å². The molecule has 2 heterocycles. The van der Waals surface area contributed by atoms with Crippen LogP contribution in [0, 0.1) is 11.8 Å². The van der Waals surface area contributed by atoms with Crippen LogP contribution < -0.4 is 0 Å². The molecule has 1 aromatic carbocycles. The van der Waals surface area contributed by atoms with Gasteiger partial charge in [0.2, 0.25) is 5.91 Å². The number of aliphatic hydroxyl groups is 1. The van der Waals surface area contributed by atoms with E-state index >= 15 is 0 Å². The van der Waals surface area contributed by atoms with E-state index < -0.39 is 0 Å². The summed E-state index contributed by atoms with van der Waals surface area (Å²) in [6.07, 6.45) is 5.15. The molecule has 2 aliphatic rings. The number of piperidine rings is 2. The molecule has 0 aromatic heterocycles. The normalized spacial score (nSPS) is 22.1. The highest BCUT2D eigenvalue weighted by molar-refractivity contribution is 5.78. The molecule has 0 radical (unpaired) electrons. The molecule has 1 unspecified atom stereocenters. The monoisotopic (exact) mass is 344 g/mol. The van der Waals surface area contributed by atoms with Gasteiger partial charge in [0.1, 0.15) is 0 Å². The molecule has 1 amide bonds. The SMILES string of the molecule is CC(O)C1CCN(CC(=O)N2CCC(Cc3ccccc3)CC2)CC1. The van der Waals surface area contributed by atoms with Crippen LogP contribution in [0.3, 0.4) is 0 Å². The number of likely N-dealkylation sites (tertiary alicyclic amines) is 2. The number of aliphatic hydroxyl groups excluding tert-OH is 1. The van der Waals surface area contributed by atoms with Gasteiger partial charge in [0, 0.05) is 13.1 Å². The molecule has 0 saturated carbocycles. The van der Waals surface area contributed by atoms with Crippen LogP contribution in [-0.4, -0.2) is 59.6 Å². The van der Waals surface area contributed by atoms with Gasteiger partial charge in [-0.3, -0.25) is 9.69 Å². The van der Waals surface area contributed by atoms with Crippen molar-refractivity contribution < 1.29 is 9.90 Å². The van der Waals surface area contributed by atoms with Crippen LogP contribution in [0.15, 0.2) is 30.3 Å². The van der Waals surface area contributed by atoms with Crippen molar-refractivity contribution in [3.8, 4) is 0 Å². The number of benzene rings is 1. The van der Waals surface area contributed by atoms with Crippen molar-refractivity contribution in [3.05, 3.63) is 35.9 Å². The molecule has 2 fully saturated rings. The van der Waals surface area contributed by atoms with Gasteiger partial charge in [0.05, 0.1) is 12.6 Å². The first-order valence-corrected chi connectivity index (χ1v) is 9.84. The molecule has 4 nitrogen and oxygen atoms in total. The first-order valence-electron chi connectivity index (χ1n) is 9.84. The fourth-order valence-corrected chi connectivity index (χ4v) is 4.22. The summed E-state index contributed by atoms with van der Waals surface area (Å²) in [5.41, 5.74) is 1.41. The Balaban J connectivity index is 1.38. The molecular formula is C21H32N2O2. The Labute approximate surface area is 151 Å². The average Bonchev–Trinajstić information content (AvgIpc) is 2.63. The minimum absolute atomic E-state index is 0.221. The van der Waals surface area contributed by atoms with Crippen LogP contribution in [0.5, 0.6) is 0 Å². The Hall–Kier alpha value is -1.39. The quantitative estimate of drug-likeness (QED) is 0.893. The van der Waals surface area contributed by atoms with Gasteiger partial charge in [-0.15, -0.1) is 0 Å². The van der Waals surface area contributed by atoms with Gasteiger partial charge < -0.3 is 10.0 Å². The lowest BCUT2D eigenvalue weighted by Crippen LogP contribution is -2.46. The predicted octanol–water partition coefficient (Wildman–Crippen LogP) is 2.56. The van der Waals surface area contributed by atoms with Crippen molar-refractivity contribution in [2.45, 2.75) is 45.1 Å². The smallest absolute Gasteiger partial charge is 0.236 e. The molecule has 2 saturated heterocycles. The Morgan fingerprint density at radius 2 is 1.72 bits per heavy atom. The fraction of sp³-hybridized carbons (Fsp3) is 0.667. The lowest BCUT2D eigenvalue weighted by atomic mass is 9.90. The zero-order valence-electron chi connectivity index (χ0n) is 15.4. The van der Waals surface area contributed by atoms with Crippen molar-refractivity contribution in [2.75, 3.05) is 32.7 Å². The third-order valence-corrected chi connectivity index (χ3v) is 6.01. The van der Waals surface area contributed by atoms with Crippen LogP contribution in [0.1, 0.15) is 38.2 Å². The zero-order valence-corrected chi connectivity index (χ0v) is 15.4. The molecule has 1 aromatic rings. The van der Waals surface area contributed by atoms with Crippen molar-refractivity contribution in [1.29, 1.82) is 0 Å². The predicted molar refractivity (Wildman–Crippen MR) is 100 cm³/mol. The van der Waals surface area contributed by atoms with E-state index in [0.717, 1.165) is 58.3 Å². The van der Waals surface area contributed by atoms with E-state index in [4.69, 9.17) is 0 Å². The largest absolute Gasteiger partial charge is 0.393 e. The number of hydrogen-bond donors (Lipinski definition) is 1. The van der Waals surface area contributed by atoms with Gasteiger partial charge in [-0.25, -0.2) is 0 Å².